The minimum atomic E-state index is -0.326. The predicted octanol–water partition coefficient (Wildman–Crippen LogP) is 2.96. The number of rotatable bonds is 7. The number of hydrogen-bond acceptors (Lipinski definition) is 3. The summed E-state index contributed by atoms with van der Waals surface area (Å²) >= 11 is 0. The van der Waals surface area contributed by atoms with Crippen LogP contribution in [0.1, 0.15) is 77.0 Å². The molecule has 0 aliphatic heterocycles. The SMILES string of the molecule is N[C@@H](CC1CCCCC1)[C@@H](O)CCNC1CCCCC1. The number of aliphatic hydroxyl groups excluding tert-OH is 1. The zero-order chi connectivity index (χ0) is 14.2. The van der Waals surface area contributed by atoms with Gasteiger partial charge in [0.15, 0.2) is 0 Å². The van der Waals surface area contributed by atoms with Gasteiger partial charge in [-0.3, -0.25) is 0 Å². The highest BCUT2D eigenvalue weighted by molar-refractivity contribution is 4.79. The molecule has 0 aromatic rings. The Labute approximate surface area is 124 Å². The maximum atomic E-state index is 10.2. The van der Waals surface area contributed by atoms with Crippen LogP contribution >= 0.6 is 0 Å². The van der Waals surface area contributed by atoms with Gasteiger partial charge in [0.1, 0.15) is 0 Å². The normalized spacial score (nSPS) is 25.5. The Balaban J connectivity index is 1.56. The van der Waals surface area contributed by atoms with Crippen molar-refractivity contribution >= 4 is 0 Å². The molecule has 0 radical (unpaired) electrons. The number of nitrogens with two attached hydrogens (primary N) is 1. The van der Waals surface area contributed by atoms with Crippen molar-refractivity contribution in [2.45, 2.75) is 95.2 Å². The van der Waals surface area contributed by atoms with E-state index >= 15 is 0 Å². The van der Waals surface area contributed by atoms with Crippen LogP contribution in [-0.2, 0) is 0 Å². The minimum absolute atomic E-state index is 0.0220. The van der Waals surface area contributed by atoms with E-state index in [0.717, 1.165) is 25.3 Å². The van der Waals surface area contributed by atoms with Crippen molar-refractivity contribution in [3.63, 3.8) is 0 Å². The van der Waals surface area contributed by atoms with Crippen LogP contribution in [0.3, 0.4) is 0 Å². The smallest absolute Gasteiger partial charge is 0.0703 e. The van der Waals surface area contributed by atoms with Gasteiger partial charge in [0, 0.05) is 12.1 Å². The Kier molecular flexibility index (Phi) is 7.32. The van der Waals surface area contributed by atoms with E-state index < -0.39 is 0 Å². The fraction of sp³-hybridized carbons (Fsp3) is 1.00. The van der Waals surface area contributed by atoms with Gasteiger partial charge in [-0.25, -0.2) is 0 Å². The van der Waals surface area contributed by atoms with Gasteiger partial charge < -0.3 is 16.2 Å². The molecular formula is C17H34N2O. The average Bonchev–Trinajstić information content (AvgIpc) is 2.49. The largest absolute Gasteiger partial charge is 0.391 e. The zero-order valence-corrected chi connectivity index (χ0v) is 13.0. The standard InChI is InChI=1S/C17H34N2O/c18-16(13-14-7-3-1-4-8-14)17(20)11-12-19-15-9-5-2-6-10-15/h14-17,19-20H,1-13,18H2/t16-,17-/m0/s1. The second kappa shape index (κ2) is 9.01. The average molecular weight is 282 g/mol. The molecule has 0 unspecified atom stereocenters. The van der Waals surface area contributed by atoms with E-state index in [1.165, 1.54) is 64.2 Å². The molecule has 3 heteroatoms. The van der Waals surface area contributed by atoms with Gasteiger partial charge >= 0.3 is 0 Å². The second-order valence-corrected chi connectivity index (χ2v) is 7.05. The Morgan fingerprint density at radius 1 is 0.950 bits per heavy atom. The van der Waals surface area contributed by atoms with Gasteiger partial charge in [-0.05, 0) is 38.1 Å². The summed E-state index contributed by atoms with van der Waals surface area (Å²) in [5.41, 5.74) is 6.19. The maximum absolute atomic E-state index is 10.2. The first-order valence-corrected chi connectivity index (χ1v) is 8.92. The Bertz CT molecular complexity index is 247. The van der Waals surface area contributed by atoms with Gasteiger partial charge in [-0.2, -0.15) is 0 Å². The first kappa shape index (κ1) is 16.3. The summed E-state index contributed by atoms with van der Waals surface area (Å²) in [4.78, 5) is 0. The monoisotopic (exact) mass is 282 g/mol. The molecule has 4 N–H and O–H groups in total. The summed E-state index contributed by atoms with van der Waals surface area (Å²) in [7, 11) is 0. The van der Waals surface area contributed by atoms with Crippen LogP contribution in [0.5, 0.6) is 0 Å². The third-order valence-corrected chi connectivity index (χ3v) is 5.30. The molecule has 0 amide bonds. The maximum Gasteiger partial charge on any atom is 0.0703 e. The molecule has 2 rings (SSSR count). The fourth-order valence-corrected chi connectivity index (χ4v) is 3.92. The molecule has 20 heavy (non-hydrogen) atoms. The van der Waals surface area contributed by atoms with Crippen molar-refractivity contribution in [1.29, 1.82) is 0 Å². The van der Waals surface area contributed by atoms with Crippen molar-refractivity contribution in [3.8, 4) is 0 Å². The van der Waals surface area contributed by atoms with Crippen LogP contribution in [0.15, 0.2) is 0 Å². The third-order valence-electron chi connectivity index (χ3n) is 5.30. The van der Waals surface area contributed by atoms with Gasteiger partial charge in [0.05, 0.1) is 6.10 Å². The molecule has 2 atom stereocenters. The zero-order valence-electron chi connectivity index (χ0n) is 13.0. The molecule has 2 fully saturated rings. The first-order chi connectivity index (χ1) is 9.75. The van der Waals surface area contributed by atoms with E-state index in [2.05, 4.69) is 5.32 Å². The molecule has 0 heterocycles. The van der Waals surface area contributed by atoms with Crippen LogP contribution in [-0.4, -0.2) is 29.8 Å². The second-order valence-electron chi connectivity index (χ2n) is 7.05. The van der Waals surface area contributed by atoms with E-state index in [-0.39, 0.29) is 12.1 Å². The molecule has 2 saturated carbocycles. The molecule has 2 aliphatic carbocycles. The Hall–Kier alpha value is -0.120. The lowest BCUT2D eigenvalue weighted by molar-refractivity contribution is 0.116. The fourth-order valence-electron chi connectivity index (χ4n) is 3.92. The molecule has 2 aliphatic rings. The lowest BCUT2D eigenvalue weighted by atomic mass is 9.83. The number of hydrogen-bond donors (Lipinski definition) is 3. The predicted molar refractivity (Wildman–Crippen MR) is 84.7 cm³/mol. The van der Waals surface area contributed by atoms with E-state index in [1.807, 2.05) is 0 Å². The quantitative estimate of drug-likeness (QED) is 0.673. The number of nitrogens with one attached hydrogen (secondary N) is 1. The van der Waals surface area contributed by atoms with Crippen LogP contribution in [0.25, 0.3) is 0 Å². The van der Waals surface area contributed by atoms with Crippen LogP contribution < -0.4 is 11.1 Å². The molecule has 118 valence electrons. The van der Waals surface area contributed by atoms with E-state index in [1.54, 1.807) is 0 Å². The minimum Gasteiger partial charge on any atom is -0.391 e. The highest BCUT2D eigenvalue weighted by atomic mass is 16.3. The molecule has 0 aromatic heterocycles. The highest BCUT2D eigenvalue weighted by Crippen LogP contribution is 2.27. The topological polar surface area (TPSA) is 58.3 Å². The molecular weight excluding hydrogens is 248 g/mol. The van der Waals surface area contributed by atoms with Gasteiger partial charge in [-0.15, -0.1) is 0 Å². The lowest BCUT2D eigenvalue weighted by Gasteiger charge is -2.28. The van der Waals surface area contributed by atoms with Gasteiger partial charge in [0.2, 0.25) is 0 Å². The van der Waals surface area contributed by atoms with Gasteiger partial charge in [0.25, 0.3) is 0 Å². The molecule has 0 aromatic carbocycles. The van der Waals surface area contributed by atoms with Crippen molar-refractivity contribution in [3.05, 3.63) is 0 Å². The summed E-state index contributed by atoms with van der Waals surface area (Å²) in [5, 5.41) is 13.8. The molecule has 0 saturated heterocycles. The van der Waals surface area contributed by atoms with Crippen LogP contribution in [0.4, 0.5) is 0 Å². The van der Waals surface area contributed by atoms with E-state index in [0.29, 0.717) is 6.04 Å². The molecule has 0 bridgehead atoms. The van der Waals surface area contributed by atoms with E-state index in [9.17, 15) is 5.11 Å². The van der Waals surface area contributed by atoms with E-state index in [4.69, 9.17) is 5.73 Å². The number of aliphatic hydroxyl groups is 1. The van der Waals surface area contributed by atoms with Crippen molar-refractivity contribution in [2.24, 2.45) is 11.7 Å². The van der Waals surface area contributed by atoms with Crippen LogP contribution in [0, 0.1) is 5.92 Å². The molecule has 0 spiro atoms. The summed E-state index contributed by atoms with van der Waals surface area (Å²) in [6.07, 6.45) is 15.0. The summed E-state index contributed by atoms with van der Waals surface area (Å²) < 4.78 is 0. The first-order valence-electron chi connectivity index (χ1n) is 8.92. The third kappa shape index (κ3) is 5.71. The summed E-state index contributed by atoms with van der Waals surface area (Å²) in [6.45, 7) is 0.921. The summed E-state index contributed by atoms with van der Waals surface area (Å²) in [6, 6.07) is 0.664. The lowest BCUT2D eigenvalue weighted by Crippen LogP contribution is -2.40. The van der Waals surface area contributed by atoms with Gasteiger partial charge in [-0.1, -0.05) is 51.4 Å². The molecule has 3 nitrogen and oxygen atoms in total. The Morgan fingerprint density at radius 3 is 2.20 bits per heavy atom. The van der Waals surface area contributed by atoms with Crippen molar-refractivity contribution < 1.29 is 5.11 Å². The van der Waals surface area contributed by atoms with Crippen molar-refractivity contribution in [1.82, 2.24) is 5.32 Å². The van der Waals surface area contributed by atoms with Crippen molar-refractivity contribution in [2.75, 3.05) is 6.54 Å². The Morgan fingerprint density at radius 2 is 1.55 bits per heavy atom. The summed E-state index contributed by atoms with van der Waals surface area (Å²) in [5.74, 6) is 0.764. The highest BCUT2D eigenvalue weighted by Gasteiger charge is 2.21. The van der Waals surface area contributed by atoms with Crippen LogP contribution in [0.2, 0.25) is 0 Å².